The quantitative estimate of drug-likeness (QED) is 0.496. The summed E-state index contributed by atoms with van der Waals surface area (Å²) < 4.78 is 0. The maximum absolute atomic E-state index is 10.8. The van der Waals surface area contributed by atoms with Crippen LogP contribution in [0.3, 0.4) is 0 Å². The summed E-state index contributed by atoms with van der Waals surface area (Å²) in [5.41, 5.74) is 8.56. The highest BCUT2D eigenvalue weighted by Crippen LogP contribution is 2.36. The van der Waals surface area contributed by atoms with Gasteiger partial charge in [-0.2, -0.15) is 0 Å². The first-order chi connectivity index (χ1) is 10.6. The van der Waals surface area contributed by atoms with Gasteiger partial charge in [-0.3, -0.25) is 10.1 Å². The number of alkyl halides is 1. The van der Waals surface area contributed by atoms with Crippen LogP contribution in [0.2, 0.25) is 0 Å². The van der Waals surface area contributed by atoms with E-state index < -0.39 is 0 Å². The van der Waals surface area contributed by atoms with Crippen molar-refractivity contribution in [1.29, 1.82) is 0 Å². The Balaban J connectivity index is 1.99. The number of nitrogens with two attached hydrogens (primary N) is 1. The third kappa shape index (κ3) is 2.76. The molecule has 0 saturated carbocycles. The largest absolute Gasteiger partial charge is 0.383 e. The molecule has 0 atom stereocenters. The monoisotopic (exact) mass is 380 g/mol. The first-order valence-corrected chi connectivity index (χ1v) is 8.63. The molecule has 114 valence electrons. The predicted molar refractivity (Wildman–Crippen MR) is 90.6 cm³/mol. The lowest BCUT2D eigenvalue weighted by atomic mass is 9.95. The smallest absolute Gasteiger partial charge is 0.246 e. The fourth-order valence-electron chi connectivity index (χ4n) is 2.55. The topological polar surface area (TPSA) is 94.9 Å². The second-order valence-corrected chi connectivity index (χ2v) is 6.64. The molecule has 0 fully saturated rings. The predicted octanol–water partition coefficient (Wildman–Crippen LogP) is 3.59. The van der Waals surface area contributed by atoms with Gasteiger partial charge >= 0.3 is 0 Å². The maximum Gasteiger partial charge on any atom is 0.246 e. The average Bonchev–Trinajstić information content (AvgIpc) is 2.87. The van der Waals surface area contributed by atoms with Gasteiger partial charge in [0, 0.05) is 22.7 Å². The van der Waals surface area contributed by atoms with Crippen molar-refractivity contribution < 1.29 is 4.92 Å². The summed E-state index contributed by atoms with van der Waals surface area (Å²) in [6.45, 7) is 0. The van der Waals surface area contributed by atoms with Gasteiger partial charge in [0.2, 0.25) is 5.70 Å². The maximum atomic E-state index is 10.8. The van der Waals surface area contributed by atoms with Crippen molar-refractivity contribution in [3.05, 3.63) is 50.3 Å². The second kappa shape index (κ2) is 6.13. The Labute approximate surface area is 139 Å². The van der Waals surface area contributed by atoms with Crippen molar-refractivity contribution in [3.8, 4) is 0 Å². The van der Waals surface area contributed by atoms with E-state index in [0.717, 1.165) is 33.1 Å². The summed E-state index contributed by atoms with van der Waals surface area (Å²) >= 11 is 5.11. The number of thiophene rings is 1. The fraction of sp³-hybridized carbons (Fsp3) is 0.286. The number of rotatable bonds is 4. The van der Waals surface area contributed by atoms with E-state index in [0.29, 0.717) is 18.7 Å². The van der Waals surface area contributed by atoms with E-state index in [2.05, 4.69) is 25.9 Å². The van der Waals surface area contributed by atoms with Gasteiger partial charge in [-0.05, 0) is 18.4 Å². The number of nitro groups is 1. The molecule has 0 unspecified atom stereocenters. The zero-order valence-corrected chi connectivity index (χ0v) is 14.0. The Morgan fingerprint density at radius 1 is 1.36 bits per heavy atom. The summed E-state index contributed by atoms with van der Waals surface area (Å²) in [7, 11) is 0. The van der Waals surface area contributed by atoms with Gasteiger partial charge < -0.3 is 5.73 Å². The number of nitrogen functional groups attached to an aromatic ring is 1. The number of fused-ring (bicyclic) bond motifs is 1. The van der Waals surface area contributed by atoms with Crippen LogP contribution < -0.4 is 5.73 Å². The number of allylic oxidation sites excluding steroid dienone is 4. The third-order valence-corrected chi connectivity index (χ3v) is 5.75. The van der Waals surface area contributed by atoms with Gasteiger partial charge in [-0.25, -0.2) is 9.97 Å². The fourth-order valence-corrected chi connectivity index (χ4v) is 4.25. The highest BCUT2D eigenvalue weighted by atomic mass is 79.9. The van der Waals surface area contributed by atoms with Crippen molar-refractivity contribution in [2.75, 3.05) is 5.73 Å². The summed E-state index contributed by atoms with van der Waals surface area (Å²) in [5, 5.41) is 12.4. The molecule has 0 bridgehead atoms. The van der Waals surface area contributed by atoms with E-state index in [1.165, 1.54) is 11.2 Å². The third-order valence-electron chi connectivity index (χ3n) is 3.67. The lowest BCUT2D eigenvalue weighted by molar-refractivity contribution is -0.428. The normalized spacial score (nSPS) is 14.8. The van der Waals surface area contributed by atoms with E-state index in [9.17, 15) is 10.1 Å². The molecule has 2 aromatic heterocycles. The summed E-state index contributed by atoms with van der Waals surface area (Å²) in [5.74, 6) is 0.487. The van der Waals surface area contributed by atoms with Crippen LogP contribution in [0.25, 0.3) is 10.2 Å². The number of aromatic nitrogens is 2. The second-order valence-electron chi connectivity index (χ2n) is 4.99. The highest BCUT2D eigenvalue weighted by molar-refractivity contribution is 9.08. The Bertz CT molecular complexity index is 813. The Hall–Kier alpha value is -1.80. The Kier molecular flexibility index (Phi) is 4.21. The van der Waals surface area contributed by atoms with Crippen LogP contribution in [0, 0.1) is 10.1 Å². The van der Waals surface area contributed by atoms with Crippen molar-refractivity contribution in [1.82, 2.24) is 9.97 Å². The molecule has 0 aliphatic heterocycles. The van der Waals surface area contributed by atoms with Crippen LogP contribution in [-0.2, 0) is 11.8 Å². The molecule has 3 rings (SSSR count). The van der Waals surface area contributed by atoms with E-state index in [1.807, 2.05) is 6.08 Å². The standard InChI is InChI=1S/C14H13BrN4O2S/c15-6-11-10(12-13(16)17-7-18-14(12)22-11)5-8-1-3-9(4-2-8)19(20)21/h1,3,7H,2,4-6H2,(H2,16,17,18). The highest BCUT2D eigenvalue weighted by Gasteiger charge is 2.20. The van der Waals surface area contributed by atoms with Gasteiger partial charge in [-0.1, -0.05) is 27.6 Å². The number of halogens is 1. The van der Waals surface area contributed by atoms with Gasteiger partial charge in [0.25, 0.3) is 0 Å². The summed E-state index contributed by atoms with van der Waals surface area (Å²) in [6, 6.07) is 0. The zero-order valence-electron chi connectivity index (χ0n) is 11.6. The molecule has 22 heavy (non-hydrogen) atoms. The zero-order chi connectivity index (χ0) is 15.7. The minimum Gasteiger partial charge on any atom is -0.383 e. The summed E-state index contributed by atoms with van der Waals surface area (Å²) in [6.07, 6.45) is 6.81. The van der Waals surface area contributed by atoms with Crippen LogP contribution in [0.15, 0.2) is 29.7 Å². The molecule has 2 heterocycles. The van der Waals surface area contributed by atoms with Gasteiger partial charge in [0.1, 0.15) is 17.0 Å². The minimum absolute atomic E-state index is 0.266. The first-order valence-electron chi connectivity index (χ1n) is 6.70. The summed E-state index contributed by atoms with van der Waals surface area (Å²) in [4.78, 5) is 20.9. The molecule has 6 nitrogen and oxygen atoms in total. The number of anilines is 1. The molecular weight excluding hydrogens is 368 g/mol. The molecule has 0 aromatic carbocycles. The molecule has 8 heteroatoms. The van der Waals surface area contributed by atoms with Gasteiger partial charge in [0.15, 0.2) is 0 Å². The lowest BCUT2D eigenvalue weighted by Gasteiger charge is -2.11. The molecule has 2 N–H and O–H groups in total. The molecule has 1 aliphatic rings. The van der Waals surface area contributed by atoms with Crippen LogP contribution in [-0.4, -0.2) is 14.9 Å². The van der Waals surface area contributed by atoms with E-state index in [1.54, 1.807) is 17.4 Å². The molecule has 0 spiro atoms. The number of hydrogen-bond donors (Lipinski definition) is 1. The Morgan fingerprint density at radius 3 is 2.82 bits per heavy atom. The van der Waals surface area contributed by atoms with E-state index in [-0.39, 0.29) is 10.6 Å². The Morgan fingerprint density at radius 2 is 2.18 bits per heavy atom. The van der Waals surface area contributed by atoms with Gasteiger partial charge in [-0.15, -0.1) is 11.3 Å². The molecule has 0 saturated heterocycles. The molecule has 0 amide bonds. The van der Waals surface area contributed by atoms with Crippen LogP contribution in [0.1, 0.15) is 23.3 Å². The van der Waals surface area contributed by atoms with Crippen molar-refractivity contribution in [2.45, 2.75) is 24.6 Å². The van der Waals surface area contributed by atoms with Crippen molar-refractivity contribution in [2.24, 2.45) is 0 Å². The number of nitrogens with zero attached hydrogens (tertiary/aromatic N) is 3. The van der Waals surface area contributed by atoms with Crippen LogP contribution in [0.5, 0.6) is 0 Å². The molecule has 0 radical (unpaired) electrons. The van der Waals surface area contributed by atoms with Crippen molar-refractivity contribution in [3.63, 3.8) is 0 Å². The molecule has 1 aliphatic carbocycles. The van der Waals surface area contributed by atoms with E-state index >= 15 is 0 Å². The van der Waals surface area contributed by atoms with Crippen LogP contribution in [0.4, 0.5) is 5.82 Å². The number of hydrogen-bond acceptors (Lipinski definition) is 6. The average molecular weight is 381 g/mol. The molecular formula is C14H13BrN4O2S. The first kappa shape index (κ1) is 15.1. The minimum atomic E-state index is -0.316. The lowest BCUT2D eigenvalue weighted by Crippen LogP contribution is -2.04. The van der Waals surface area contributed by atoms with Gasteiger partial charge in [0.05, 0.1) is 10.3 Å². The van der Waals surface area contributed by atoms with Crippen molar-refractivity contribution >= 4 is 43.3 Å². The van der Waals surface area contributed by atoms with E-state index in [4.69, 9.17) is 5.73 Å². The van der Waals surface area contributed by atoms with Crippen LogP contribution >= 0.6 is 27.3 Å². The SMILES string of the molecule is Nc1ncnc2sc(CBr)c(CC3=CC=C([N+](=O)[O-])CC3)c12. The molecule has 2 aromatic rings.